The molecular weight excluding hydrogens is 451 g/mol. The van der Waals surface area contributed by atoms with Crippen molar-refractivity contribution in [3.63, 3.8) is 0 Å². The maximum Gasteiger partial charge on any atom is 0.330 e. The highest BCUT2D eigenvalue weighted by molar-refractivity contribution is 6.06. The summed E-state index contributed by atoms with van der Waals surface area (Å²) in [4.78, 5) is 26.1. The Morgan fingerprint density at radius 3 is 2.66 bits per heavy atom. The number of urea groups is 1. The van der Waals surface area contributed by atoms with E-state index >= 15 is 4.39 Å². The molecule has 2 fully saturated rings. The maximum absolute atomic E-state index is 15.0. The van der Waals surface area contributed by atoms with Crippen LogP contribution in [-0.4, -0.2) is 45.8 Å². The number of nitrogens with two attached hydrogens (primary N) is 1. The van der Waals surface area contributed by atoms with Gasteiger partial charge in [0.15, 0.2) is 11.6 Å². The van der Waals surface area contributed by atoms with Gasteiger partial charge in [-0.15, -0.1) is 0 Å². The van der Waals surface area contributed by atoms with Crippen LogP contribution in [0.2, 0.25) is 0 Å². The average molecular weight is 485 g/mol. The van der Waals surface area contributed by atoms with Gasteiger partial charge in [-0.05, 0) is 45.4 Å². The maximum atomic E-state index is 15.0. The topological polar surface area (TPSA) is 117 Å². The molecular formula is C25H33FN6O3. The number of nitrogens with zero attached hydrogens (tertiary/aromatic N) is 4. The van der Waals surface area contributed by atoms with Gasteiger partial charge < -0.3 is 20.9 Å². The van der Waals surface area contributed by atoms with Crippen molar-refractivity contribution in [1.82, 2.24) is 9.97 Å². The molecule has 188 valence electrons. The van der Waals surface area contributed by atoms with Crippen LogP contribution in [0.1, 0.15) is 63.9 Å². The predicted molar refractivity (Wildman–Crippen MR) is 131 cm³/mol. The molecule has 3 aliphatic rings. The molecule has 4 N–H and O–H groups in total. The number of nitrogens with one attached hydrogen (secondary N) is 1. The highest BCUT2D eigenvalue weighted by Crippen LogP contribution is 2.40. The van der Waals surface area contributed by atoms with Gasteiger partial charge in [0.25, 0.3) is 0 Å². The summed E-state index contributed by atoms with van der Waals surface area (Å²) in [6.45, 7) is 2.25. The summed E-state index contributed by atoms with van der Waals surface area (Å²) in [7, 11) is 0. The van der Waals surface area contributed by atoms with Crippen molar-refractivity contribution in [1.29, 1.82) is 0 Å². The smallest absolute Gasteiger partial charge is 0.330 e. The summed E-state index contributed by atoms with van der Waals surface area (Å²) in [6, 6.07) is 2.80. The fraction of sp³-hybridized carbons (Fsp3) is 0.560. The Morgan fingerprint density at radius 2 is 1.94 bits per heavy atom. The summed E-state index contributed by atoms with van der Waals surface area (Å²) in [6.07, 6.45) is 9.32. The van der Waals surface area contributed by atoms with E-state index in [0.29, 0.717) is 24.1 Å². The van der Waals surface area contributed by atoms with Gasteiger partial charge in [-0.25, -0.2) is 14.2 Å². The molecule has 0 radical (unpaired) electrons. The molecule has 0 atom stereocenters. The van der Waals surface area contributed by atoms with E-state index in [0.717, 1.165) is 56.9 Å². The molecule has 2 amide bonds. The number of amides is 2. The van der Waals surface area contributed by atoms with Crippen LogP contribution >= 0.6 is 0 Å². The molecule has 2 aromatic rings. The van der Waals surface area contributed by atoms with E-state index in [4.69, 9.17) is 15.5 Å². The molecule has 1 aromatic heterocycles. The molecule has 1 aromatic carbocycles. The summed E-state index contributed by atoms with van der Waals surface area (Å²) >= 11 is 0. The third-order valence-corrected chi connectivity index (χ3v) is 7.24. The van der Waals surface area contributed by atoms with Crippen molar-refractivity contribution in [2.45, 2.75) is 83.0 Å². The van der Waals surface area contributed by atoms with Crippen LogP contribution in [0.4, 0.5) is 26.6 Å². The number of aromatic nitrogens is 2. The lowest BCUT2D eigenvalue weighted by atomic mass is 9.92. The lowest BCUT2D eigenvalue weighted by molar-refractivity contribution is 0.247. The minimum Gasteiger partial charge on any atom is -0.505 e. The van der Waals surface area contributed by atoms with Crippen molar-refractivity contribution >= 4 is 23.5 Å². The van der Waals surface area contributed by atoms with Crippen molar-refractivity contribution in [3.8, 4) is 11.5 Å². The van der Waals surface area contributed by atoms with Crippen molar-refractivity contribution in [2.24, 2.45) is 5.73 Å². The molecule has 0 saturated heterocycles. The van der Waals surface area contributed by atoms with Gasteiger partial charge in [-0.2, -0.15) is 4.98 Å². The van der Waals surface area contributed by atoms with Gasteiger partial charge in [-0.1, -0.05) is 12.8 Å². The Bertz CT molecular complexity index is 1090. The van der Waals surface area contributed by atoms with Gasteiger partial charge in [0.2, 0.25) is 5.95 Å². The zero-order valence-corrected chi connectivity index (χ0v) is 20.0. The summed E-state index contributed by atoms with van der Waals surface area (Å²) in [5, 5.41) is 13.6. The van der Waals surface area contributed by atoms with Crippen LogP contribution < -0.4 is 25.6 Å². The van der Waals surface area contributed by atoms with E-state index in [1.54, 1.807) is 18.0 Å². The number of ether oxygens (including phenoxy) is 1. The summed E-state index contributed by atoms with van der Waals surface area (Å²) < 4.78 is 20.5. The Kier molecular flexibility index (Phi) is 6.64. The van der Waals surface area contributed by atoms with Gasteiger partial charge in [0.1, 0.15) is 11.6 Å². The molecule has 2 aliphatic carbocycles. The molecule has 1 aliphatic heterocycles. The number of hydrogen-bond acceptors (Lipinski definition) is 7. The lowest BCUT2D eigenvalue weighted by Gasteiger charge is -2.39. The molecule has 2 saturated carbocycles. The molecule has 35 heavy (non-hydrogen) atoms. The first-order valence-electron chi connectivity index (χ1n) is 12.6. The average Bonchev–Trinajstić information content (AvgIpc) is 3.37. The number of phenolic OH excluding ortho intramolecular Hbond substituents is 1. The third kappa shape index (κ3) is 4.71. The highest BCUT2D eigenvalue weighted by Gasteiger charge is 2.40. The number of carbonyl (C=O) groups is 1. The lowest BCUT2D eigenvalue weighted by Crippen LogP contribution is -2.52. The number of rotatable bonds is 6. The third-order valence-electron chi connectivity index (χ3n) is 7.24. The van der Waals surface area contributed by atoms with E-state index in [1.807, 2.05) is 0 Å². The Morgan fingerprint density at radius 1 is 1.20 bits per heavy atom. The molecule has 0 bridgehead atoms. The fourth-order valence-electron chi connectivity index (χ4n) is 5.39. The van der Waals surface area contributed by atoms with E-state index in [-0.39, 0.29) is 36.4 Å². The minimum absolute atomic E-state index is 0.0205. The van der Waals surface area contributed by atoms with Crippen molar-refractivity contribution < 1.29 is 19.0 Å². The van der Waals surface area contributed by atoms with E-state index < -0.39 is 11.6 Å². The fourth-order valence-corrected chi connectivity index (χ4v) is 5.39. The van der Waals surface area contributed by atoms with Gasteiger partial charge >= 0.3 is 6.03 Å². The van der Waals surface area contributed by atoms with E-state index in [2.05, 4.69) is 10.3 Å². The second kappa shape index (κ2) is 9.85. The number of halogens is 1. The number of benzene rings is 1. The zero-order valence-electron chi connectivity index (χ0n) is 20.0. The number of aromatic hydroxyl groups is 1. The molecule has 10 heteroatoms. The SMILES string of the molecule is CCOc1cc(O)c(F)c(N2Cc3cnc(NC4CCC(N)CC4)nc3N(C3CCCC3)C2=O)c1. The molecule has 5 rings (SSSR count). The monoisotopic (exact) mass is 484 g/mol. The predicted octanol–water partition coefficient (Wildman–Crippen LogP) is 4.29. The first kappa shape index (κ1) is 23.6. The molecule has 0 unspecified atom stereocenters. The number of phenols is 1. The largest absolute Gasteiger partial charge is 0.505 e. The van der Waals surface area contributed by atoms with Crippen LogP contribution in [0.3, 0.4) is 0 Å². The van der Waals surface area contributed by atoms with Gasteiger partial charge in [0.05, 0.1) is 18.8 Å². The standard InChI is InChI=1S/C25H33FN6O3/c1-2-35-19-11-20(22(26)21(33)12-19)31-14-15-13-28-24(29-17-9-7-16(27)8-10-17)30-23(15)32(25(31)34)18-5-3-4-6-18/h11-13,16-18,33H,2-10,14,27H2,1H3,(H,28,29,30). The van der Waals surface area contributed by atoms with Crippen LogP contribution in [-0.2, 0) is 6.54 Å². The van der Waals surface area contributed by atoms with Crippen LogP contribution in [0.5, 0.6) is 11.5 Å². The summed E-state index contributed by atoms with van der Waals surface area (Å²) in [5.74, 6) is -0.0360. The molecule has 2 heterocycles. The van der Waals surface area contributed by atoms with Crippen LogP contribution in [0, 0.1) is 5.82 Å². The Hall–Kier alpha value is -3.14. The quantitative estimate of drug-likeness (QED) is 0.560. The second-order valence-corrected chi connectivity index (χ2v) is 9.68. The normalized spacial score (nSPS) is 22.9. The molecule has 0 spiro atoms. The van der Waals surface area contributed by atoms with Crippen molar-refractivity contribution in [2.75, 3.05) is 21.7 Å². The molecule has 9 nitrogen and oxygen atoms in total. The van der Waals surface area contributed by atoms with Gasteiger partial charge in [0, 0.05) is 42.0 Å². The summed E-state index contributed by atoms with van der Waals surface area (Å²) in [5.41, 5.74) is 6.74. The zero-order chi connectivity index (χ0) is 24.5. The van der Waals surface area contributed by atoms with E-state index in [9.17, 15) is 9.90 Å². The number of anilines is 3. The first-order chi connectivity index (χ1) is 16.9. The van der Waals surface area contributed by atoms with Crippen LogP contribution in [0.15, 0.2) is 18.3 Å². The first-order valence-corrected chi connectivity index (χ1v) is 12.6. The van der Waals surface area contributed by atoms with E-state index in [1.165, 1.54) is 17.0 Å². The van der Waals surface area contributed by atoms with Crippen molar-refractivity contribution in [3.05, 3.63) is 29.7 Å². The Balaban J connectivity index is 1.49. The minimum atomic E-state index is -0.855. The Labute approximate surface area is 204 Å². The van der Waals surface area contributed by atoms with Crippen LogP contribution in [0.25, 0.3) is 0 Å². The van der Waals surface area contributed by atoms with Gasteiger partial charge in [-0.3, -0.25) is 9.80 Å². The number of hydrogen-bond donors (Lipinski definition) is 3. The number of fused-ring (bicyclic) bond motifs is 1. The number of carbonyl (C=O) groups excluding carboxylic acids is 1. The second-order valence-electron chi connectivity index (χ2n) is 9.68. The highest BCUT2D eigenvalue weighted by atomic mass is 19.1.